The first-order valence-electron chi connectivity index (χ1n) is 5.99. The predicted octanol–water partition coefficient (Wildman–Crippen LogP) is 1.11. The lowest BCUT2D eigenvalue weighted by atomic mass is 9.85. The van der Waals surface area contributed by atoms with Gasteiger partial charge in [-0.05, 0) is 33.7 Å². The van der Waals surface area contributed by atoms with Crippen molar-refractivity contribution in [3.63, 3.8) is 0 Å². The van der Waals surface area contributed by atoms with Crippen LogP contribution in [0.5, 0.6) is 0 Å². The van der Waals surface area contributed by atoms with Crippen molar-refractivity contribution in [2.75, 3.05) is 19.6 Å². The van der Waals surface area contributed by atoms with Gasteiger partial charge in [0.1, 0.15) is 5.60 Å². The lowest BCUT2D eigenvalue weighted by Gasteiger charge is -2.25. The summed E-state index contributed by atoms with van der Waals surface area (Å²) in [6.07, 6.45) is 0.497. The van der Waals surface area contributed by atoms with Crippen LogP contribution in [-0.2, 0) is 4.74 Å². The predicted molar refractivity (Wildman–Crippen MR) is 62.3 cm³/mol. The monoisotopic (exact) mass is 237 g/mol. The van der Waals surface area contributed by atoms with Gasteiger partial charge in [-0.15, -0.1) is 0 Å². The fraction of sp³-hybridized carbons (Fsp3) is 0.833. The van der Waals surface area contributed by atoms with Crippen molar-refractivity contribution in [2.45, 2.75) is 38.8 Å². The summed E-state index contributed by atoms with van der Waals surface area (Å²) >= 11 is 0. The molecular weight excluding hydrogens is 218 g/mol. The second-order valence-corrected chi connectivity index (χ2v) is 5.89. The quantitative estimate of drug-likeness (QED) is 0.685. The van der Waals surface area contributed by atoms with Crippen LogP contribution in [0.4, 0.5) is 4.79 Å². The van der Waals surface area contributed by atoms with Crippen LogP contribution < -0.4 is 5.32 Å². The third kappa shape index (κ3) is 2.22. The van der Waals surface area contributed by atoms with Crippen LogP contribution in [0.3, 0.4) is 0 Å². The molecule has 0 aromatic heterocycles. The number of ether oxygens (including phenoxy) is 1. The summed E-state index contributed by atoms with van der Waals surface area (Å²) in [7, 11) is 0. The first kappa shape index (κ1) is 12.2. The second kappa shape index (κ2) is 3.88. The molecule has 94 valence electrons. The van der Waals surface area contributed by atoms with E-state index in [0.29, 0.717) is 13.1 Å². The molecule has 0 spiro atoms. The highest BCUT2D eigenvalue weighted by atomic mass is 16.6. The standard InChI is InChI=1S/C12H19N3O2/c1-11(2,3)17-10(16)15-6-9-12(7-13,8-15)4-5-14-9/h9,14H,4-6,8H2,1-3H3. The lowest BCUT2D eigenvalue weighted by molar-refractivity contribution is 0.0277. The molecule has 2 saturated heterocycles. The van der Waals surface area contributed by atoms with Crippen LogP contribution in [0.15, 0.2) is 0 Å². The van der Waals surface area contributed by atoms with Crippen LogP contribution in [0, 0.1) is 16.7 Å². The topological polar surface area (TPSA) is 65.4 Å². The van der Waals surface area contributed by atoms with E-state index in [4.69, 9.17) is 4.74 Å². The molecule has 2 atom stereocenters. The third-order valence-corrected chi connectivity index (χ3v) is 3.38. The molecule has 0 aromatic rings. The zero-order valence-electron chi connectivity index (χ0n) is 10.6. The Morgan fingerprint density at radius 1 is 1.59 bits per heavy atom. The average molecular weight is 237 g/mol. The highest BCUT2D eigenvalue weighted by molar-refractivity contribution is 5.69. The number of hydrogen-bond donors (Lipinski definition) is 1. The van der Waals surface area contributed by atoms with E-state index in [2.05, 4.69) is 11.4 Å². The molecule has 2 heterocycles. The molecule has 2 aliphatic heterocycles. The van der Waals surface area contributed by atoms with Crippen molar-refractivity contribution in [3.05, 3.63) is 0 Å². The summed E-state index contributed by atoms with van der Waals surface area (Å²) in [6.45, 7) is 7.46. The van der Waals surface area contributed by atoms with Crippen LogP contribution in [0.2, 0.25) is 0 Å². The molecule has 1 amide bonds. The molecule has 0 aromatic carbocycles. The van der Waals surface area contributed by atoms with Crippen molar-refractivity contribution >= 4 is 6.09 Å². The van der Waals surface area contributed by atoms with Gasteiger partial charge < -0.3 is 15.0 Å². The number of nitrogens with one attached hydrogen (secondary N) is 1. The van der Waals surface area contributed by atoms with E-state index in [0.717, 1.165) is 13.0 Å². The minimum Gasteiger partial charge on any atom is -0.444 e. The van der Waals surface area contributed by atoms with Crippen LogP contribution >= 0.6 is 0 Å². The largest absolute Gasteiger partial charge is 0.444 e. The van der Waals surface area contributed by atoms with Gasteiger partial charge in [0.2, 0.25) is 0 Å². The Balaban J connectivity index is 2.03. The van der Waals surface area contributed by atoms with E-state index in [-0.39, 0.29) is 12.1 Å². The molecule has 5 heteroatoms. The smallest absolute Gasteiger partial charge is 0.410 e. The number of hydrogen-bond acceptors (Lipinski definition) is 4. The van der Waals surface area contributed by atoms with Gasteiger partial charge in [0.05, 0.1) is 11.5 Å². The Morgan fingerprint density at radius 3 is 2.82 bits per heavy atom. The maximum atomic E-state index is 11.9. The van der Waals surface area contributed by atoms with Gasteiger partial charge in [0.15, 0.2) is 0 Å². The minimum absolute atomic E-state index is 0.0972. The van der Waals surface area contributed by atoms with Gasteiger partial charge in [-0.3, -0.25) is 0 Å². The highest BCUT2D eigenvalue weighted by Gasteiger charge is 2.52. The SMILES string of the molecule is CC(C)(C)OC(=O)N1CC2NCCC2(C#N)C1. The Labute approximate surface area is 102 Å². The minimum atomic E-state index is -0.484. The zero-order chi connectivity index (χ0) is 12.7. The molecule has 0 bridgehead atoms. The first-order valence-corrected chi connectivity index (χ1v) is 5.99. The molecule has 17 heavy (non-hydrogen) atoms. The van der Waals surface area contributed by atoms with E-state index in [1.165, 1.54) is 0 Å². The maximum Gasteiger partial charge on any atom is 0.410 e. The number of nitriles is 1. The lowest BCUT2D eigenvalue weighted by Crippen LogP contribution is -2.37. The number of likely N-dealkylation sites (tertiary alicyclic amines) is 1. The van der Waals surface area contributed by atoms with Crippen LogP contribution in [-0.4, -0.2) is 42.3 Å². The normalized spacial score (nSPS) is 32.1. The molecule has 2 aliphatic rings. The molecule has 1 N–H and O–H groups in total. The van der Waals surface area contributed by atoms with Crippen molar-refractivity contribution in [3.8, 4) is 6.07 Å². The molecule has 5 nitrogen and oxygen atoms in total. The van der Waals surface area contributed by atoms with Crippen LogP contribution in [0.1, 0.15) is 27.2 Å². The van der Waals surface area contributed by atoms with E-state index in [9.17, 15) is 10.1 Å². The molecule has 0 saturated carbocycles. The number of carbonyl (C=O) groups excluding carboxylic acids is 1. The molecule has 2 fully saturated rings. The Morgan fingerprint density at radius 2 is 2.29 bits per heavy atom. The average Bonchev–Trinajstić information content (AvgIpc) is 2.70. The number of carbonyl (C=O) groups is 1. The van der Waals surface area contributed by atoms with Gasteiger partial charge in [-0.2, -0.15) is 5.26 Å². The van der Waals surface area contributed by atoms with Crippen LogP contribution in [0.25, 0.3) is 0 Å². The van der Waals surface area contributed by atoms with Crippen molar-refractivity contribution in [1.82, 2.24) is 10.2 Å². The molecular formula is C12H19N3O2. The first-order chi connectivity index (χ1) is 7.86. The van der Waals surface area contributed by atoms with E-state index in [1.807, 2.05) is 20.8 Å². The van der Waals surface area contributed by atoms with E-state index in [1.54, 1.807) is 4.90 Å². The fourth-order valence-corrected chi connectivity index (χ4v) is 2.53. The summed E-state index contributed by atoms with van der Waals surface area (Å²) < 4.78 is 5.33. The number of rotatable bonds is 0. The number of nitrogens with zero attached hydrogens (tertiary/aromatic N) is 2. The molecule has 2 rings (SSSR count). The van der Waals surface area contributed by atoms with E-state index >= 15 is 0 Å². The Kier molecular flexibility index (Phi) is 2.78. The van der Waals surface area contributed by atoms with Crippen molar-refractivity contribution < 1.29 is 9.53 Å². The van der Waals surface area contributed by atoms with Gasteiger partial charge >= 0.3 is 6.09 Å². The van der Waals surface area contributed by atoms with Gasteiger partial charge in [-0.1, -0.05) is 0 Å². The van der Waals surface area contributed by atoms with E-state index < -0.39 is 11.0 Å². The highest BCUT2D eigenvalue weighted by Crippen LogP contribution is 2.37. The summed E-state index contributed by atoms with van der Waals surface area (Å²) in [6, 6.07) is 2.47. The number of fused-ring (bicyclic) bond motifs is 1. The van der Waals surface area contributed by atoms with Gasteiger partial charge in [0.25, 0.3) is 0 Å². The summed E-state index contributed by atoms with van der Waals surface area (Å²) in [5, 5.41) is 12.6. The van der Waals surface area contributed by atoms with Crippen molar-refractivity contribution in [2.24, 2.45) is 5.41 Å². The summed E-state index contributed by atoms with van der Waals surface area (Å²) in [5.41, 5.74) is -0.890. The fourth-order valence-electron chi connectivity index (χ4n) is 2.53. The summed E-state index contributed by atoms with van der Waals surface area (Å²) in [5.74, 6) is 0. The second-order valence-electron chi connectivity index (χ2n) is 5.89. The van der Waals surface area contributed by atoms with Gasteiger partial charge in [-0.25, -0.2) is 4.79 Å². The molecule has 0 radical (unpaired) electrons. The maximum absolute atomic E-state index is 11.9. The number of amides is 1. The summed E-state index contributed by atoms with van der Waals surface area (Å²) in [4.78, 5) is 13.6. The van der Waals surface area contributed by atoms with Gasteiger partial charge in [0, 0.05) is 19.1 Å². The van der Waals surface area contributed by atoms with Crippen molar-refractivity contribution in [1.29, 1.82) is 5.26 Å². The molecule has 2 unspecified atom stereocenters. The third-order valence-electron chi connectivity index (χ3n) is 3.38. The Hall–Kier alpha value is -1.28. The molecule has 0 aliphatic carbocycles. The Bertz CT molecular complexity index is 369. The zero-order valence-corrected chi connectivity index (χ0v) is 10.6.